The highest BCUT2D eigenvalue weighted by Gasteiger charge is 2.33. The van der Waals surface area contributed by atoms with Gasteiger partial charge in [0.2, 0.25) is 0 Å². The molecule has 0 spiro atoms. The monoisotopic (exact) mass is 269 g/mol. The molecule has 1 saturated heterocycles. The number of halogens is 1. The van der Waals surface area contributed by atoms with Gasteiger partial charge in [-0.05, 0) is 18.2 Å². The molecule has 1 aromatic rings. The van der Waals surface area contributed by atoms with Crippen molar-refractivity contribution in [2.24, 2.45) is 5.41 Å². The van der Waals surface area contributed by atoms with Gasteiger partial charge in [-0.1, -0.05) is 24.6 Å². The van der Waals surface area contributed by atoms with Crippen LogP contribution >= 0.6 is 11.6 Å². The van der Waals surface area contributed by atoms with Crippen LogP contribution in [-0.4, -0.2) is 32.3 Å². The van der Waals surface area contributed by atoms with Crippen molar-refractivity contribution >= 4 is 17.5 Å². The Hall–Kier alpha value is -1.26. The van der Waals surface area contributed by atoms with Crippen LogP contribution in [0.2, 0.25) is 5.02 Å². The minimum absolute atomic E-state index is 0.00270. The number of ether oxygens (including phenoxy) is 2. The second-order valence-corrected chi connectivity index (χ2v) is 5.26. The van der Waals surface area contributed by atoms with Gasteiger partial charge in [-0.25, -0.2) is 0 Å². The normalized spacial score (nSPS) is 16.8. The fourth-order valence-electron chi connectivity index (χ4n) is 1.62. The Morgan fingerprint density at radius 3 is 2.94 bits per heavy atom. The van der Waals surface area contributed by atoms with Gasteiger partial charge >= 0.3 is 0 Å². The molecule has 1 fully saturated rings. The first kappa shape index (κ1) is 13.2. The lowest BCUT2D eigenvalue weighted by molar-refractivity contribution is -0.128. The molecular formula is C13H16ClNO3. The van der Waals surface area contributed by atoms with Crippen LogP contribution in [0, 0.1) is 5.41 Å². The maximum absolute atomic E-state index is 11.6. The minimum Gasteiger partial charge on any atom is -0.484 e. The van der Waals surface area contributed by atoms with Gasteiger partial charge in [-0.15, -0.1) is 0 Å². The summed E-state index contributed by atoms with van der Waals surface area (Å²) in [5, 5.41) is 3.42. The Balaban J connectivity index is 1.71. The van der Waals surface area contributed by atoms with Crippen molar-refractivity contribution in [1.29, 1.82) is 0 Å². The number of rotatable bonds is 5. The maximum atomic E-state index is 11.6. The van der Waals surface area contributed by atoms with E-state index in [0.717, 1.165) is 0 Å². The Bertz CT molecular complexity index is 432. The summed E-state index contributed by atoms with van der Waals surface area (Å²) in [6.07, 6.45) is 0. The van der Waals surface area contributed by atoms with E-state index in [-0.39, 0.29) is 17.9 Å². The molecule has 18 heavy (non-hydrogen) atoms. The highest BCUT2D eigenvalue weighted by molar-refractivity contribution is 6.30. The van der Waals surface area contributed by atoms with E-state index >= 15 is 0 Å². The third-order valence-electron chi connectivity index (χ3n) is 2.78. The molecule has 2 rings (SSSR count). The van der Waals surface area contributed by atoms with Crippen molar-refractivity contribution in [3.8, 4) is 5.75 Å². The first-order valence-corrected chi connectivity index (χ1v) is 6.18. The topological polar surface area (TPSA) is 47.6 Å². The van der Waals surface area contributed by atoms with E-state index < -0.39 is 0 Å². The van der Waals surface area contributed by atoms with E-state index in [0.29, 0.717) is 30.5 Å². The SMILES string of the molecule is CC1(CNC(=O)COc2cccc(Cl)c2)COC1. The fourth-order valence-corrected chi connectivity index (χ4v) is 1.80. The standard InChI is InChI=1S/C13H16ClNO3/c1-13(8-17-9-13)7-15-12(16)6-18-11-4-2-3-10(14)5-11/h2-5H,6-9H2,1H3,(H,15,16). The smallest absolute Gasteiger partial charge is 0.257 e. The Morgan fingerprint density at radius 2 is 2.33 bits per heavy atom. The molecule has 1 heterocycles. The van der Waals surface area contributed by atoms with Gasteiger partial charge < -0.3 is 14.8 Å². The van der Waals surface area contributed by atoms with Crippen molar-refractivity contribution in [1.82, 2.24) is 5.32 Å². The van der Waals surface area contributed by atoms with Gasteiger partial charge in [0, 0.05) is 17.0 Å². The van der Waals surface area contributed by atoms with Crippen LogP contribution < -0.4 is 10.1 Å². The van der Waals surface area contributed by atoms with Crippen LogP contribution in [0.15, 0.2) is 24.3 Å². The zero-order valence-corrected chi connectivity index (χ0v) is 11.0. The fraction of sp³-hybridized carbons (Fsp3) is 0.462. The van der Waals surface area contributed by atoms with Gasteiger partial charge in [0.25, 0.3) is 5.91 Å². The van der Waals surface area contributed by atoms with Gasteiger partial charge in [-0.3, -0.25) is 4.79 Å². The van der Waals surface area contributed by atoms with E-state index in [2.05, 4.69) is 12.2 Å². The number of nitrogens with one attached hydrogen (secondary N) is 1. The second kappa shape index (κ2) is 5.59. The average molecular weight is 270 g/mol. The van der Waals surface area contributed by atoms with E-state index in [1.54, 1.807) is 24.3 Å². The lowest BCUT2D eigenvalue weighted by Gasteiger charge is -2.37. The average Bonchev–Trinajstić information content (AvgIpc) is 2.31. The lowest BCUT2D eigenvalue weighted by Crippen LogP contribution is -2.49. The van der Waals surface area contributed by atoms with Gasteiger partial charge in [0.15, 0.2) is 6.61 Å². The molecule has 0 bridgehead atoms. The third-order valence-corrected chi connectivity index (χ3v) is 3.01. The van der Waals surface area contributed by atoms with E-state index in [1.165, 1.54) is 0 Å². The first-order valence-electron chi connectivity index (χ1n) is 5.80. The zero-order chi connectivity index (χ0) is 13.0. The molecule has 0 aromatic heterocycles. The molecule has 1 N–H and O–H groups in total. The highest BCUT2D eigenvalue weighted by Crippen LogP contribution is 2.25. The van der Waals surface area contributed by atoms with Crippen LogP contribution in [-0.2, 0) is 9.53 Å². The van der Waals surface area contributed by atoms with Crippen LogP contribution in [0.1, 0.15) is 6.92 Å². The van der Waals surface area contributed by atoms with Gasteiger partial charge in [0.05, 0.1) is 13.2 Å². The number of carbonyl (C=O) groups excluding carboxylic acids is 1. The van der Waals surface area contributed by atoms with E-state index in [4.69, 9.17) is 21.1 Å². The van der Waals surface area contributed by atoms with E-state index in [1.807, 2.05) is 0 Å². The van der Waals surface area contributed by atoms with Crippen molar-refractivity contribution in [2.75, 3.05) is 26.4 Å². The maximum Gasteiger partial charge on any atom is 0.257 e. The molecule has 0 unspecified atom stereocenters. The first-order chi connectivity index (χ1) is 8.57. The summed E-state index contributed by atoms with van der Waals surface area (Å²) in [4.78, 5) is 11.6. The summed E-state index contributed by atoms with van der Waals surface area (Å²) in [6.45, 7) is 4.08. The summed E-state index contributed by atoms with van der Waals surface area (Å²) in [5.74, 6) is 0.457. The number of hydrogen-bond donors (Lipinski definition) is 1. The molecule has 0 aliphatic carbocycles. The van der Waals surface area contributed by atoms with Crippen LogP contribution in [0.25, 0.3) is 0 Å². The molecule has 1 aliphatic heterocycles. The number of benzene rings is 1. The van der Waals surface area contributed by atoms with Crippen LogP contribution in [0.5, 0.6) is 5.75 Å². The molecule has 0 saturated carbocycles. The van der Waals surface area contributed by atoms with Crippen molar-refractivity contribution in [3.05, 3.63) is 29.3 Å². The minimum atomic E-state index is -0.136. The Morgan fingerprint density at radius 1 is 1.56 bits per heavy atom. The van der Waals surface area contributed by atoms with Gasteiger partial charge in [-0.2, -0.15) is 0 Å². The lowest BCUT2D eigenvalue weighted by atomic mass is 9.89. The van der Waals surface area contributed by atoms with Crippen molar-refractivity contribution in [2.45, 2.75) is 6.92 Å². The molecular weight excluding hydrogens is 254 g/mol. The number of amides is 1. The van der Waals surface area contributed by atoms with Crippen LogP contribution in [0.4, 0.5) is 0 Å². The third kappa shape index (κ3) is 3.62. The largest absolute Gasteiger partial charge is 0.484 e. The number of hydrogen-bond acceptors (Lipinski definition) is 3. The highest BCUT2D eigenvalue weighted by atomic mass is 35.5. The summed E-state index contributed by atoms with van der Waals surface area (Å²) < 4.78 is 10.5. The van der Waals surface area contributed by atoms with Crippen LogP contribution in [0.3, 0.4) is 0 Å². The molecule has 1 aromatic carbocycles. The second-order valence-electron chi connectivity index (χ2n) is 4.83. The molecule has 98 valence electrons. The summed E-state index contributed by atoms with van der Waals surface area (Å²) in [5.41, 5.74) is 0.0751. The quantitative estimate of drug-likeness (QED) is 0.888. The van der Waals surface area contributed by atoms with Crippen molar-refractivity contribution < 1.29 is 14.3 Å². The Labute approximate surface area is 111 Å². The molecule has 0 radical (unpaired) electrons. The predicted octanol–water partition coefficient (Wildman–Crippen LogP) is 1.87. The van der Waals surface area contributed by atoms with Crippen molar-refractivity contribution in [3.63, 3.8) is 0 Å². The molecule has 5 heteroatoms. The Kier molecular flexibility index (Phi) is 4.09. The molecule has 4 nitrogen and oxygen atoms in total. The summed E-state index contributed by atoms with van der Waals surface area (Å²) in [6, 6.07) is 6.98. The zero-order valence-electron chi connectivity index (χ0n) is 10.2. The summed E-state index contributed by atoms with van der Waals surface area (Å²) >= 11 is 5.81. The predicted molar refractivity (Wildman–Crippen MR) is 68.9 cm³/mol. The molecule has 1 amide bonds. The van der Waals surface area contributed by atoms with E-state index in [9.17, 15) is 4.79 Å². The molecule has 0 atom stereocenters. The molecule has 1 aliphatic rings. The number of carbonyl (C=O) groups is 1. The summed E-state index contributed by atoms with van der Waals surface area (Å²) in [7, 11) is 0. The van der Waals surface area contributed by atoms with Gasteiger partial charge in [0.1, 0.15) is 5.75 Å².